The fourth-order valence-electron chi connectivity index (χ4n) is 5.28. The highest BCUT2D eigenvalue weighted by molar-refractivity contribution is 6.07. The van der Waals surface area contributed by atoms with E-state index in [1.165, 1.54) is 31.2 Å². The van der Waals surface area contributed by atoms with Crippen LogP contribution in [0.5, 0.6) is 17.2 Å². The Balaban J connectivity index is 1.52. The summed E-state index contributed by atoms with van der Waals surface area (Å²) in [7, 11) is 4.76. The normalized spacial score (nSPS) is 13.5. The average Bonchev–Trinajstić information content (AvgIpc) is 3.01. The fraction of sp³-hybridized carbons (Fsp3) is 0.323. The molecule has 0 atom stereocenters. The van der Waals surface area contributed by atoms with E-state index in [0.717, 1.165) is 37.3 Å². The van der Waals surface area contributed by atoms with Crippen LogP contribution in [0.25, 0.3) is 0 Å². The number of nitrogens with zero attached hydrogens (tertiary/aromatic N) is 4. The number of hydrogen-bond acceptors (Lipinski definition) is 9. The number of guanidine groups is 1. The van der Waals surface area contributed by atoms with E-state index in [9.17, 15) is 19.7 Å². The van der Waals surface area contributed by atoms with Crippen LogP contribution in [0.1, 0.15) is 37.4 Å². The lowest BCUT2D eigenvalue weighted by Crippen LogP contribution is -2.45. The molecule has 4 rings (SSSR count). The molecule has 0 unspecified atom stereocenters. The van der Waals surface area contributed by atoms with Crippen molar-refractivity contribution in [2.75, 3.05) is 52.8 Å². The Kier molecular flexibility index (Phi) is 10.5. The van der Waals surface area contributed by atoms with E-state index in [-0.39, 0.29) is 28.3 Å². The van der Waals surface area contributed by atoms with Crippen molar-refractivity contribution in [2.45, 2.75) is 20.0 Å². The molecule has 1 aliphatic heterocycles. The predicted octanol–water partition coefficient (Wildman–Crippen LogP) is 2.91. The van der Waals surface area contributed by atoms with E-state index in [2.05, 4.69) is 20.1 Å². The molecule has 14 heteroatoms. The van der Waals surface area contributed by atoms with Crippen LogP contribution in [0.3, 0.4) is 0 Å². The number of hydrogen-bond donors (Lipinski definition) is 3. The maximum Gasteiger partial charge on any atom is 0.280 e. The summed E-state index contributed by atoms with van der Waals surface area (Å²) in [6.07, 6.45) is 0. The topological polar surface area (TPSA) is 188 Å². The summed E-state index contributed by atoms with van der Waals surface area (Å²) in [5.41, 5.74) is 13.3. The Labute approximate surface area is 260 Å². The number of benzene rings is 3. The SMILES string of the molecule is COc1ccc(CN2CCN(Cc3ccc(C(=O)N=C(N)N)cc3NC(=O)c3cccc([N+](=O)[O-])c3C)CC2)c(OC)c1OC. The summed E-state index contributed by atoms with van der Waals surface area (Å²) in [5.74, 6) is 0.185. The number of nitro groups is 1. The van der Waals surface area contributed by atoms with E-state index in [4.69, 9.17) is 25.7 Å². The Morgan fingerprint density at radius 1 is 0.911 bits per heavy atom. The number of ether oxygens (including phenoxy) is 3. The first-order valence-electron chi connectivity index (χ1n) is 14.1. The van der Waals surface area contributed by atoms with Crippen LogP contribution >= 0.6 is 0 Å². The van der Waals surface area contributed by atoms with Crippen LogP contribution in [0, 0.1) is 17.0 Å². The second-order valence-electron chi connectivity index (χ2n) is 10.4. The van der Waals surface area contributed by atoms with Crippen molar-refractivity contribution < 1.29 is 28.7 Å². The molecule has 14 nitrogen and oxygen atoms in total. The first-order chi connectivity index (χ1) is 21.6. The lowest BCUT2D eigenvalue weighted by molar-refractivity contribution is -0.385. The standard InChI is InChI=1S/C31H37N7O7/c1-19-23(6-5-7-25(19)38(41)42)30(40)34-24-16-20(29(39)35-31(32)33)8-9-21(24)17-36-12-14-37(15-13-36)18-22-10-11-26(43-2)28(45-4)27(22)44-3/h5-11,16H,12-15,17-18H2,1-4H3,(H,34,40)(H4,32,33,35,39). The van der Waals surface area contributed by atoms with Gasteiger partial charge in [-0.3, -0.25) is 29.5 Å². The zero-order valence-electron chi connectivity index (χ0n) is 25.7. The van der Waals surface area contributed by atoms with Gasteiger partial charge >= 0.3 is 0 Å². The predicted molar refractivity (Wildman–Crippen MR) is 169 cm³/mol. The monoisotopic (exact) mass is 619 g/mol. The minimum absolute atomic E-state index is 0.148. The number of amides is 2. The number of carbonyl (C=O) groups excluding carboxylic acids is 2. The third-order valence-electron chi connectivity index (χ3n) is 7.62. The highest BCUT2D eigenvalue weighted by Gasteiger charge is 2.24. The third kappa shape index (κ3) is 7.66. The van der Waals surface area contributed by atoms with Gasteiger partial charge in [0.15, 0.2) is 17.5 Å². The molecule has 0 aromatic heterocycles. The van der Waals surface area contributed by atoms with Gasteiger partial charge in [-0.2, -0.15) is 4.99 Å². The molecule has 5 N–H and O–H groups in total. The van der Waals surface area contributed by atoms with Crippen LogP contribution in [-0.2, 0) is 13.1 Å². The van der Waals surface area contributed by atoms with Gasteiger partial charge in [0.2, 0.25) is 5.75 Å². The number of nitro benzene ring substituents is 1. The van der Waals surface area contributed by atoms with Gasteiger partial charge in [-0.15, -0.1) is 0 Å². The summed E-state index contributed by atoms with van der Waals surface area (Å²) >= 11 is 0. The van der Waals surface area contributed by atoms with Crippen molar-refractivity contribution in [3.63, 3.8) is 0 Å². The second-order valence-corrected chi connectivity index (χ2v) is 10.4. The minimum Gasteiger partial charge on any atom is -0.493 e. The number of anilines is 1. The molecule has 0 spiro atoms. The minimum atomic E-state index is -0.664. The Morgan fingerprint density at radius 3 is 2.11 bits per heavy atom. The molecular formula is C31H37N7O7. The highest BCUT2D eigenvalue weighted by Crippen LogP contribution is 2.40. The number of nitrogens with one attached hydrogen (secondary N) is 1. The van der Waals surface area contributed by atoms with Crippen molar-refractivity contribution >= 4 is 29.1 Å². The van der Waals surface area contributed by atoms with Crippen molar-refractivity contribution in [3.8, 4) is 17.2 Å². The van der Waals surface area contributed by atoms with Crippen molar-refractivity contribution in [1.82, 2.24) is 9.80 Å². The smallest absolute Gasteiger partial charge is 0.280 e. The molecule has 0 saturated carbocycles. The molecule has 1 saturated heterocycles. The Morgan fingerprint density at radius 2 is 1.53 bits per heavy atom. The van der Waals surface area contributed by atoms with E-state index in [1.807, 2.05) is 12.1 Å². The summed E-state index contributed by atoms with van der Waals surface area (Å²) in [6, 6.07) is 13.0. The van der Waals surface area contributed by atoms with Crippen LogP contribution in [0.4, 0.5) is 11.4 Å². The number of piperazine rings is 1. The van der Waals surface area contributed by atoms with Crippen molar-refractivity contribution in [3.05, 3.63) is 86.5 Å². The lowest BCUT2D eigenvalue weighted by Gasteiger charge is -2.35. The van der Waals surface area contributed by atoms with Gasteiger partial charge in [0.1, 0.15) is 0 Å². The van der Waals surface area contributed by atoms with Gasteiger partial charge in [0, 0.05) is 73.3 Å². The molecule has 3 aromatic rings. The van der Waals surface area contributed by atoms with Gasteiger partial charge in [0.25, 0.3) is 17.5 Å². The van der Waals surface area contributed by atoms with Crippen LogP contribution in [0.15, 0.2) is 53.5 Å². The first-order valence-corrected chi connectivity index (χ1v) is 14.1. The van der Waals surface area contributed by atoms with Crippen LogP contribution < -0.4 is 31.0 Å². The number of rotatable bonds is 11. The summed E-state index contributed by atoms with van der Waals surface area (Å²) in [4.78, 5) is 44.9. The zero-order chi connectivity index (χ0) is 32.7. The summed E-state index contributed by atoms with van der Waals surface area (Å²) in [6.45, 7) is 5.67. The first kappa shape index (κ1) is 32.7. The number of nitrogens with two attached hydrogens (primary N) is 2. The largest absolute Gasteiger partial charge is 0.493 e. The number of carbonyl (C=O) groups is 2. The molecule has 1 heterocycles. The maximum atomic E-state index is 13.3. The molecular weight excluding hydrogens is 582 g/mol. The molecule has 45 heavy (non-hydrogen) atoms. The summed E-state index contributed by atoms with van der Waals surface area (Å²) in [5, 5.41) is 14.3. The van der Waals surface area contributed by atoms with Crippen molar-refractivity contribution in [1.29, 1.82) is 0 Å². The van der Waals surface area contributed by atoms with Gasteiger partial charge < -0.3 is 31.0 Å². The molecule has 3 aromatic carbocycles. The molecule has 2 amide bonds. The van der Waals surface area contributed by atoms with E-state index >= 15 is 0 Å². The van der Waals surface area contributed by atoms with E-state index in [0.29, 0.717) is 36.0 Å². The van der Waals surface area contributed by atoms with E-state index < -0.39 is 16.7 Å². The number of methoxy groups -OCH3 is 3. The molecule has 238 valence electrons. The van der Waals surface area contributed by atoms with Gasteiger partial charge in [-0.05, 0) is 36.8 Å². The Bertz CT molecular complexity index is 1610. The van der Waals surface area contributed by atoms with Gasteiger partial charge in [0.05, 0.1) is 26.3 Å². The quantitative estimate of drug-likeness (QED) is 0.124. The fourth-order valence-corrected chi connectivity index (χ4v) is 5.28. The van der Waals surface area contributed by atoms with E-state index in [1.54, 1.807) is 33.5 Å². The highest BCUT2D eigenvalue weighted by atomic mass is 16.6. The van der Waals surface area contributed by atoms with Crippen LogP contribution in [0.2, 0.25) is 0 Å². The third-order valence-corrected chi connectivity index (χ3v) is 7.62. The van der Waals surface area contributed by atoms with Gasteiger partial charge in [-0.25, -0.2) is 0 Å². The second kappa shape index (κ2) is 14.5. The van der Waals surface area contributed by atoms with Crippen LogP contribution in [-0.4, -0.2) is 80.0 Å². The zero-order valence-corrected chi connectivity index (χ0v) is 25.7. The molecule has 0 aliphatic carbocycles. The van der Waals surface area contributed by atoms with Gasteiger partial charge in [-0.1, -0.05) is 18.2 Å². The molecule has 0 radical (unpaired) electrons. The maximum absolute atomic E-state index is 13.3. The van der Waals surface area contributed by atoms with Crippen molar-refractivity contribution in [2.24, 2.45) is 16.5 Å². The Hall–Kier alpha value is -5.21. The number of aliphatic imine (C=N–C) groups is 1. The molecule has 0 bridgehead atoms. The molecule has 1 fully saturated rings. The molecule has 1 aliphatic rings. The lowest BCUT2D eigenvalue weighted by atomic mass is 10.0. The average molecular weight is 620 g/mol. The summed E-state index contributed by atoms with van der Waals surface area (Å²) < 4.78 is 16.6.